The summed E-state index contributed by atoms with van der Waals surface area (Å²) in [6.07, 6.45) is 5.52. The molecule has 3 N–H and O–H groups in total. The third kappa shape index (κ3) is 4.97. The first-order chi connectivity index (χ1) is 19.8. The number of nitrogens with one attached hydrogen (secondary N) is 3. The van der Waals surface area contributed by atoms with E-state index in [1.807, 2.05) is 45.2 Å². The number of fused-ring (bicyclic) bond motifs is 3. The van der Waals surface area contributed by atoms with Crippen molar-refractivity contribution in [3.8, 4) is 11.1 Å². The molecular weight excluding hydrogens is 518 g/mol. The largest absolute Gasteiger partial charge is 0.381 e. The number of aryl methyl sites for hydroxylation is 2. The number of aromatic nitrogens is 5. The number of pyridine rings is 1. The Morgan fingerprint density at radius 1 is 1.05 bits per heavy atom. The van der Waals surface area contributed by atoms with Crippen LogP contribution in [0.15, 0.2) is 36.7 Å². The maximum Gasteiger partial charge on any atom is 0.254 e. The molecule has 0 radical (unpaired) electrons. The maximum atomic E-state index is 12.9. The number of benzene rings is 1. The highest BCUT2D eigenvalue weighted by molar-refractivity contribution is 6.02. The zero-order valence-electron chi connectivity index (χ0n) is 24.1. The molecule has 212 valence electrons. The fourth-order valence-corrected chi connectivity index (χ4v) is 5.83. The lowest BCUT2D eigenvalue weighted by Gasteiger charge is -2.33. The molecular formula is C30H35N9O2. The van der Waals surface area contributed by atoms with Crippen molar-refractivity contribution in [2.24, 2.45) is 0 Å². The van der Waals surface area contributed by atoms with Gasteiger partial charge in [0.2, 0.25) is 0 Å². The molecule has 1 amide bonds. The summed E-state index contributed by atoms with van der Waals surface area (Å²) in [5.74, 6) is 1.71. The van der Waals surface area contributed by atoms with Gasteiger partial charge in [-0.2, -0.15) is 5.10 Å². The lowest BCUT2D eigenvalue weighted by molar-refractivity contribution is 0.0654. The number of amides is 1. The average molecular weight is 554 g/mol. The van der Waals surface area contributed by atoms with Gasteiger partial charge in [0.1, 0.15) is 17.5 Å². The van der Waals surface area contributed by atoms with E-state index in [0.717, 1.165) is 66.4 Å². The molecule has 0 atom stereocenters. The summed E-state index contributed by atoms with van der Waals surface area (Å²) in [6, 6.07) is 8.44. The SMILES string of the molecule is CNC(=O)c1cnc(Nc2cc(C)nc(C)n2)c(C)c1Nc1cccc2c1N(C)Cc1c-2cnn1C1CCOCC1. The van der Waals surface area contributed by atoms with Crippen LogP contribution in [-0.4, -0.2) is 57.9 Å². The molecule has 0 bridgehead atoms. The number of anilines is 5. The molecule has 3 aromatic heterocycles. The molecule has 6 rings (SSSR count). The quantitative estimate of drug-likeness (QED) is 0.309. The zero-order chi connectivity index (χ0) is 28.7. The molecule has 1 fully saturated rings. The molecule has 0 unspecified atom stereocenters. The van der Waals surface area contributed by atoms with Gasteiger partial charge in [0.05, 0.1) is 47.1 Å². The summed E-state index contributed by atoms with van der Waals surface area (Å²) in [5.41, 5.74) is 8.21. The Labute approximate surface area is 239 Å². The van der Waals surface area contributed by atoms with Crippen molar-refractivity contribution >= 4 is 34.6 Å². The fourth-order valence-electron chi connectivity index (χ4n) is 5.83. The van der Waals surface area contributed by atoms with Gasteiger partial charge in [-0.15, -0.1) is 0 Å². The highest BCUT2D eigenvalue weighted by Crippen LogP contribution is 2.45. The minimum atomic E-state index is -0.221. The van der Waals surface area contributed by atoms with Gasteiger partial charge < -0.3 is 25.6 Å². The topological polar surface area (TPSA) is 122 Å². The lowest BCUT2D eigenvalue weighted by Crippen LogP contribution is -2.28. The second kappa shape index (κ2) is 10.8. The molecule has 1 aromatic carbocycles. The summed E-state index contributed by atoms with van der Waals surface area (Å²) in [4.78, 5) is 28.6. The van der Waals surface area contributed by atoms with Crippen LogP contribution in [0.25, 0.3) is 11.1 Å². The second-order valence-electron chi connectivity index (χ2n) is 10.6. The van der Waals surface area contributed by atoms with Crippen molar-refractivity contribution in [2.45, 2.75) is 46.2 Å². The van der Waals surface area contributed by atoms with Crippen molar-refractivity contribution in [3.05, 3.63) is 65.0 Å². The van der Waals surface area contributed by atoms with Gasteiger partial charge in [-0.25, -0.2) is 15.0 Å². The average Bonchev–Trinajstić information content (AvgIpc) is 3.39. The molecule has 11 nitrogen and oxygen atoms in total. The number of carbonyl (C=O) groups excluding carboxylic acids is 1. The van der Waals surface area contributed by atoms with E-state index in [0.29, 0.717) is 34.8 Å². The summed E-state index contributed by atoms with van der Waals surface area (Å²) in [7, 11) is 3.72. The lowest BCUT2D eigenvalue weighted by atomic mass is 9.97. The van der Waals surface area contributed by atoms with Gasteiger partial charge in [0.25, 0.3) is 5.91 Å². The van der Waals surface area contributed by atoms with Gasteiger partial charge in [0.15, 0.2) is 0 Å². The molecule has 11 heteroatoms. The number of para-hydroxylation sites is 1. The first-order valence-electron chi connectivity index (χ1n) is 13.9. The predicted octanol–water partition coefficient (Wildman–Crippen LogP) is 4.81. The Bertz CT molecular complexity index is 1600. The van der Waals surface area contributed by atoms with Crippen LogP contribution in [0, 0.1) is 20.8 Å². The van der Waals surface area contributed by atoms with Gasteiger partial charge in [-0.1, -0.05) is 12.1 Å². The van der Waals surface area contributed by atoms with Crippen molar-refractivity contribution in [2.75, 3.05) is 42.8 Å². The summed E-state index contributed by atoms with van der Waals surface area (Å²) >= 11 is 0. The van der Waals surface area contributed by atoms with E-state index in [2.05, 4.69) is 53.6 Å². The third-order valence-electron chi connectivity index (χ3n) is 7.80. The Kier molecular flexibility index (Phi) is 7.04. The van der Waals surface area contributed by atoms with E-state index in [-0.39, 0.29) is 5.91 Å². The highest BCUT2D eigenvalue weighted by atomic mass is 16.5. The van der Waals surface area contributed by atoms with Crippen LogP contribution in [0.1, 0.15) is 52.0 Å². The molecule has 0 spiro atoms. The number of hydrogen-bond acceptors (Lipinski definition) is 9. The van der Waals surface area contributed by atoms with E-state index in [4.69, 9.17) is 9.84 Å². The summed E-state index contributed by atoms with van der Waals surface area (Å²) < 4.78 is 7.78. The van der Waals surface area contributed by atoms with Crippen LogP contribution >= 0.6 is 0 Å². The fraction of sp³-hybridized carbons (Fsp3) is 0.367. The van der Waals surface area contributed by atoms with Crippen molar-refractivity contribution in [3.63, 3.8) is 0 Å². The zero-order valence-corrected chi connectivity index (χ0v) is 24.1. The van der Waals surface area contributed by atoms with Gasteiger partial charge in [-0.05, 0) is 39.7 Å². The van der Waals surface area contributed by atoms with Crippen LogP contribution in [0.2, 0.25) is 0 Å². The number of nitrogens with zero attached hydrogens (tertiary/aromatic N) is 6. The van der Waals surface area contributed by atoms with Crippen LogP contribution in [-0.2, 0) is 11.3 Å². The molecule has 5 heterocycles. The Balaban J connectivity index is 1.40. The first kappa shape index (κ1) is 26.7. The molecule has 0 aliphatic carbocycles. The van der Waals surface area contributed by atoms with Crippen molar-refractivity contribution in [1.82, 2.24) is 30.0 Å². The van der Waals surface area contributed by atoms with Crippen LogP contribution in [0.5, 0.6) is 0 Å². The number of rotatable bonds is 6. The molecule has 2 aliphatic rings. The van der Waals surface area contributed by atoms with E-state index in [9.17, 15) is 4.79 Å². The van der Waals surface area contributed by atoms with E-state index in [1.54, 1.807) is 13.2 Å². The van der Waals surface area contributed by atoms with Gasteiger partial charge in [0, 0.05) is 62.0 Å². The normalized spacial score (nSPS) is 14.8. The Morgan fingerprint density at radius 2 is 1.85 bits per heavy atom. The smallest absolute Gasteiger partial charge is 0.254 e. The Hall–Kier alpha value is -4.51. The standard InChI is InChI=1S/C30H35N9O2/c1-17-13-26(35-19(3)34-17)37-29-18(2)27(23(14-32-29)30(40)31-4)36-24-8-6-7-21-22-15-33-39(20-9-11-41-12-10-20)25(22)16-38(5)28(21)24/h6-8,13-15,20H,9-12,16H2,1-5H3,(H,31,40)(H2,32,34,35,36,37). The van der Waals surface area contributed by atoms with E-state index in [1.165, 1.54) is 5.69 Å². The highest BCUT2D eigenvalue weighted by Gasteiger charge is 2.29. The predicted molar refractivity (Wildman–Crippen MR) is 159 cm³/mol. The minimum Gasteiger partial charge on any atom is -0.381 e. The van der Waals surface area contributed by atoms with Crippen LogP contribution in [0.3, 0.4) is 0 Å². The van der Waals surface area contributed by atoms with Gasteiger partial charge >= 0.3 is 0 Å². The monoisotopic (exact) mass is 553 g/mol. The maximum absolute atomic E-state index is 12.9. The van der Waals surface area contributed by atoms with Crippen molar-refractivity contribution in [1.29, 1.82) is 0 Å². The van der Waals surface area contributed by atoms with Crippen LogP contribution < -0.4 is 20.9 Å². The third-order valence-corrected chi connectivity index (χ3v) is 7.80. The number of ether oxygens (including phenoxy) is 1. The molecule has 1 saturated heterocycles. The Morgan fingerprint density at radius 3 is 2.61 bits per heavy atom. The van der Waals surface area contributed by atoms with E-state index >= 15 is 0 Å². The van der Waals surface area contributed by atoms with Crippen molar-refractivity contribution < 1.29 is 9.53 Å². The minimum absolute atomic E-state index is 0.221. The number of carbonyl (C=O) groups is 1. The molecule has 0 saturated carbocycles. The van der Waals surface area contributed by atoms with Gasteiger partial charge in [-0.3, -0.25) is 9.48 Å². The second-order valence-corrected chi connectivity index (χ2v) is 10.6. The summed E-state index contributed by atoms with van der Waals surface area (Å²) in [6.45, 7) is 8.00. The molecule has 41 heavy (non-hydrogen) atoms. The van der Waals surface area contributed by atoms with E-state index < -0.39 is 0 Å². The molecule has 4 aromatic rings. The molecule has 2 aliphatic heterocycles. The van der Waals surface area contributed by atoms with Crippen LogP contribution in [0.4, 0.5) is 28.7 Å². The summed E-state index contributed by atoms with van der Waals surface area (Å²) in [5, 5.41) is 14.5. The number of hydrogen-bond donors (Lipinski definition) is 3. The first-order valence-corrected chi connectivity index (χ1v) is 13.9.